The first kappa shape index (κ1) is 11.3. The van der Waals surface area contributed by atoms with Crippen LogP contribution in [0, 0.1) is 0 Å². The molecule has 2 aromatic rings. The molecule has 2 heterocycles. The fraction of sp³-hybridized carbons (Fsp3) is 0.273. The number of carbonyl (C=O) groups is 1. The quantitative estimate of drug-likeness (QED) is 0.859. The van der Waals surface area contributed by atoms with Crippen molar-refractivity contribution in [3.63, 3.8) is 0 Å². The molecule has 0 fully saturated rings. The van der Waals surface area contributed by atoms with Crippen molar-refractivity contribution < 1.29 is 9.90 Å². The third kappa shape index (κ3) is 2.15. The summed E-state index contributed by atoms with van der Waals surface area (Å²) in [6.07, 6.45) is 7.86. The van der Waals surface area contributed by atoms with Crippen molar-refractivity contribution in [2.45, 2.75) is 19.8 Å². The van der Waals surface area contributed by atoms with Crippen molar-refractivity contribution in [1.82, 2.24) is 19.5 Å². The van der Waals surface area contributed by atoms with Gasteiger partial charge in [-0.2, -0.15) is 0 Å². The average molecular weight is 232 g/mol. The van der Waals surface area contributed by atoms with E-state index < -0.39 is 5.97 Å². The van der Waals surface area contributed by atoms with Crippen LogP contribution < -0.4 is 0 Å². The molecule has 0 bridgehead atoms. The fourth-order valence-electron chi connectivity index (χ4n) is 1.59. The number of imidazole rings is 1. The van der Waals surface area contributed by atoms with Crippen LogP contribution in [-0.2, 0) is 6.42 Å². The summed E-state index contributed by atoms with van der Waals surface area (Å²) in [4.78, 5) is 23.1. The molecule has 0 amide bonds. The molecule has 1 N–H and O–H groups in total. The number of aryl methyl sites for hydroxylation is 1. The van der Waals surface area contributed by atoms with Gasteiger partial charge < -0.3 is 5.11 Å². The summed E-state index contributed by atoms with van der Waals surface area (Å²) in [7, 11) is 0. The van der Waals surface area contributed by atoms with Crippen LogP contribution in [0.4, 0.5) is 0 Å². The SMILES string of the molecule is CCCc1nccn1-c1nccnc1C(=O)O. The molecule has 0 aliphatic carbocycles. The second-order valence-corrected chi connectivity index (χ2v) is 3.50. The van der Waals surface area contributed by atoms with E-state index in [1.807, 2.05) is 6.92 Å². The van der Waals surface area contributed by atoms with Crippen LogP contribution in [0.15, 0.2) is 24.8 Å². The lowest BCUT2D eigenvalue weighted by Gasteiger charge is -2.07. The van der Waals surface area contributed by atoms with Crippen LogP contribution in [0.25, 0.3) is 5.82 Å². The first-order valence-corrected chi connectivity index (χ1v) is 5.31. The summed E-state index contributed by atoms with van der Waals surface area (Å²) < 4.78 is 1.67. The minimum atomic E-state index is -1.09. The van der Waals surface area contributed by atoms with Crippen molar-refractivity contribution in [2.75, 3.05) is 0 Å². The van der Waals surface area contributed by atoms with Gasteiger partial charge in [0, 0.05) is 31.2 Å². The average Bonchev–Trinajstić information content (AvgIpc) is 2.77. The Bertz CT molecular complexity index is 536. The maximum Gasteiger partial charge on any atom is 0.358 e. The first-order chi connectivity index (χ1) is 8.24. The summed E-state index contributed by atoms with van der Waals surface area (Å²) in [5.74, 6) is 0.000647. The second kappa shape index (κ2) is 4.73. The number of hydrogen-bond acceptors (Lipinski definition) is 4. The maximum absolute atomic E-state index is 11.0. The molecule has 0 radical (unpaired) electrons. The number of carboxylic acids is 1. The predicted molar refractivity (Wildman–Crippen MR) is 60.1 cm³/mol. The topological polar surface area (TPSA) is 80.9 Å². The highest BCUT2D eigenvalue weighted by molar-refractivity contribution is 5.88. The van der Waals surface area contributed by atoms with Crippen LogP contribution >= 0.6 is 0 Å². The molecule has 2 aromatic heterocycles. The lowest BCUT2D eigenvalue weighted by Crippen LogP contribution is -2.11. The highest BCUT2D eigenvalue weighted by atomic mass is 16.4. The number of nitrogens with zero attached hydrogens (tertiary/aromatic N) is 4. The molecule has 6 nitrogen and oxygen atoms in total. The standard InChI is InChI=1S/C11H12N4O2/c1-2-3-8-12-6-7-15(8)10-9(11(16)17)13-4-5-14-10/h4-7H,2-3H2,1H3,(H,16,17). The zero-order valence-electron chi connectivity index (χ0n) is 9.37. The highest BCUT2D eigenvalue weighted by Gasteiger charge is 2.16. The molecule has 0 unspecified atom stereocenters. The molecule has 0 saturated carbocycles. The minimum absolute atomic E-state index is 0.0668. The van der Waals surface area contributed by atoms with Crippen LogP contribution in [0.2, 0.25) is 0 Å². The number of hydrogen-bond donors (Lipinski definition) is 1. The van der Waals surface area contributed by atoms with Crippen molar-refractivity contribution >= 4 is 5.97 Å². The summed E-state index contributed by atoms with van der Waals surface area (Å²) >= 11 is 0. The van der Waals surface area contributed by atoms with E-state index in [1.54, 1.807) is 17.0 Å². The van der Waals surface area contributed by atoms with E-state index in [-0.39, 0.29) is 5.69 Å². The van der Waals surface area contributed by atoms with Crippen molar-refractivity contribution in [1.29, 1.82) is 0 Å². The maximum atomic E-state index is 11.0. The molecular weight excluding hydrogens is 220 g/mol. The zero-order chi connectivity index (χ0) is 12.3. The number of aromatic carboxylic acids is 1. The molecule has 88 valence electrons. The van der Waals surface area contributed by atoms with E-state index in [9.17, 15) is 4.79 Å². The van der Waals surface area contributed by atoms with Gasteiger partial charge in [-0.3, -0.25) is 4.57 Å². The van der Waals surface area contributed by atoms with Gasteiger partial charge in [-0.15, -0.1) is 0 Å². The van der Waals surface area contributed by atoms with Crippen LogP contribution in [0.5, 0.6) is 0 Å². The molecule has 0 spiro atoms. The third-order valence-electron chi connectivity index (χ3n) is 2.30. The van der Waals surface area contributed by atoms with Gasteiger partial charge >= 0.3 is 5.97 Å². The molecule has 0 aliphatic heterocycles. The monoisotopic (exact) mass is 232 g/mol. The Kier molecular flexibility index (Phi) is 3.13. The van der Waals surface area contributed by atoms with E-state index >= 15 is 0 Å². The lowest BCUT2D eigenvalue weighted by atomic mass is 10.3. The molecule has 0 saturated heterocycles. The Hall–Kier alpha value is -2.24. The van der Waals surface area contributed by atoms with Crippen molar-refractivity contribution in [2.24, 2.45) is 0 Å². The molecule has 0 atom stereocenters. The van der Waals surface area contributed by atoms with Crippen LogP contribution in [-0.4, -0.2) is 30.6 Å². The van der Waals surface area contributed by atoms with Gasteiger partial charge in [-0.25, -0.2) is 19.7 Å². The van der Waals surface area contributed by atoms with Gasteiger partial charge in [0.2, 0.25) is 0 Å². The second-order valence-electron chi connectivity index (χ2n) is 3.50. The van der Waals surface area contributed by atoms with Gasteiger partial charge in [0.05, 0.1) is 0 Å². The van der Waals surface area contributed by atoms with Gasteiger partial charge in [0.1, 0.15) is 5.82 Å². The smallest absolute Gasteiger partial charge is 0.358 e. The lowest BCUT2D eigenvalue weighted by molar-refractivity contribution is 0.0690. The molecular formula is C11H12N4O2. The Balaban J connectivity index is 2.52. The third-order valence-corrected chi connectivity index (χ3v) is 2.30. The van der Waals surface area contributed by atoms with E-state index in [1.165, 1.54) is 12.4 Å². The van der Waals surface area contributed by atoms with Gasteiger partial charge in [-0.05, 0) is 6.42 Å². The van der Waals surface area contributed by atoms with E-state index in [0.29, 0.717) is 5.82 Å². The largest absolute Gasteiger partial charge is 0.476 e. The van der Waals surface area contributed by atoms with E-state index in [2.05, 4.69) is 15.0 Å². The van der Waals surface area contributed by atoms with Crippen molar-refractivity contribution in [3.8, 4) is 5.82 Å². The number of aromatic nitrogens is 4. The van der Waals surface area contributed by atoms with E-state index in [4.69, 9.17) is 5.11 Å². The fourth-order valence-corrected chi connectivity index (χ4v) is 1.59. The number of rotatable bonds is 4. The van der Waals surface area contributed by atoms with Gasteiger partial charge in [0.25, 0.3) is 0 Å². The summed E-state index contributed by atoms with van der Waals surface area (Å²) in [5, 5.41) is 9.05. The Labute approximate surface area is 98.0 Å². The van der Waals surface area contributed by atoms with Crippen LogP contribution in [0.1, 0.15) is 29.7 Å². The minimum Gasteiger partial charge on any atom is -0.476 e. The first-order valence-electron chi connectivity index (χ1n) is 5.31. The Morgan fingerprint density at radius 3 is 2.76 bits per heavy atom. The molecule has 2 rings (SSSR count). The van der Waals surface area contributed by atoms with Gasteiger partial charge in [-0.1, -0.05) is 6.92 Å². The summed E-state index contributed by atoms with van der Waals surface area (Å²) in [6.45, 7) is 2.04. The summed E-state index contributed by atoms with van der Waals surface area (Å²) in [6, 6.07) is 0. The highest BCUT2D eigenvalue weighted by Crippen LogP contribution is 2.12. The van der Waals surface area contributed by atoms with Gasteiger partial charge in [0.15, 0.2) is 11.5 Å². The normalized spacial score (nSPS) is 10.4. The number of carboxylic acid groups (broad SMARTS) is 1. The molecule has 6 heteroatoms. The predicted octanol–water partition coefficient (Wildman–Crippen LogP) is 1.31. The Morgan fingerprint density at radius 2 is 2.06 bits per heavy atom. The Morgan fingerprint density at radius 1 is 1.29 bits per heavy atom. The molecule has 0 aromatic carbocycles. The molecule has 0 aliphatic rings. The van der Waals surface area contributed by atoms with E-state index in [0.717, 1.165) is 18.7 Å². The van der Waals surface area contributed by atoms with Crippen LogP contribution in [0.3, 0.4) is 0 Å². The summed E-state index contributed by atoms with van der Waals surface area (Å²) in [5.41, 5.74) is -0.0668. The van der Waals surface area contributed by atoms with Crippen molar-refractivity contribution in [3.05, 3.63) is 36.3 Å². The zero-order valence-corrected chi connectivity index (χ0v) is 9.37. The molecule has 17 heavy (non-hydrogen) atoms.